The molecule has 2 rings (SSSR count). The summed E-state index contributed by atoms with van der Waals surface area (Å²) in [5, 5.41) is 9.43. The highest BCUT2D eigenvalue weighted by Gasteiger charge is 2.14. The lowest BCUT2D eigenvalue weighted by molar-refractivity contribution is 0.574. The maximum Gasteiger partial charge on any atom is 0.0869 e. The van der Waals surface area contributed by atoms with E-state index < -0.39 is 0 Å². The van der Waals surface area contributed by atoms with Crippen molar-refractivity contribution < 1.29 is 0 Å². The second-order valence-corrected chi connectivity index (χ2v) is 3.96. The SMILES string of the molecule is CCc1nn(CC)c(Cn2cccn2)c1Cl. The fraction of sp³-hybridized carbons (Fsp3) is 0.455. The summed E-state index contributed by atoms with van der Waals surface area (Å²) in [5.41, 5.74) is 2.00. The van der Waals surface area contributed by atoms with Gasteiger partial charge < -0.3 is 0 Å². The summed E-state index contributed by atoms with van der Waals surface area (Å²) in [5.74, 6) is 0. The minimum Gasteiger partial charge on any atom is -0.267 e. The first-order valence-electron chi connectivity index (χ1n) is 5.47. The molecule has 0 spiro atoms. The number of rotatable bonds is 4. The summed E-state index contributed by atoms with van der Waals surface area (Å²) in [4.78, 5) is 0. The molecule has 0 aliphatic heterocycles. The van der Waals surface area contributed by atoms with E-state index in [9.17, 15) is 0 Å². The van der Waals surface area contributed by atoms with Gasteiger partial charge in [-0.1, -0.05) is 18.5 Å². The largest absolute Gasteiger partial charge is 0.267 e. The molecule has 0 N–H and O–H groups in total. The molecule has 0 radical (unpaired) electrons. The molecule has 4 nitrogen and oxygen atoms in total. The van der Waals surface area contributed by atoms with E-state index in [1.807, 2.05) is 21.6 Å². The van der Waals surface area contributed by atoms with Crippen molar-refractivity contribution in [2.24, 2.45) is 0 Å². The van der Waals surface area contributed by atoms with Crippen molar-refractivity contribution in [1.29, 1.82) is 0 Å². The van der Waals surface area contributed by atoms with Crippen LogP contribution in [0.2, 0.25) is 5.02 Å². The normalized spacial score (nSPS) is 10.9. The highest BCUT2D eigenvalue weighted by Crippen LogP contribution is 2.22. The molecule has 5 heteroatoms. The van der Waals surface area contributed by atoms with Crippen molar-refractivity contribution in [3.05, 3.63) is 34.9 Å². The molecule has 0 bridgehead atoms. The third-order valence-electron chi connectivity index (χ3n) is 2.57. The molecule has 0 aromatic carbocycles. The number of hydrogen-bond donors (Lipinski definition) is 0. The summed E-state index contributed by atoms with van der Waals surface area (Å²) in [6.45, 7) is 5.63. The van der Waals surface area contributed by atoms with Gasteiger partial charge in [0.15, 0.2) is 0 Å². The third-order valence-corrected chi connectivity index (χ3v) is 3.00. The van der Waals surface area contributed by atoms with Crippen LogP contribution in [0, 0.1) is 0 Å². The van der Waals surface area contributed by atoms with Gasteiger partial charge in [0.2, 0.25) is 0 Å². The van der Waals surface area contributed by atoms with Crippen molar-refractivity contribution in [2.75, 3.05) is 0 Å². The van der Waals surface area contributed by atoms with Crippen LogP contribution in [0.4, 0.5) is 0 Å². The summed E-state index contributed by atoms with van der Waals surface area (Å²) in [7, 11) is 0. The topological polar surface area (TPSA) is 35.6 Å². The Bertz CT molecular complexity index is 459. The van der Waals surface area contributed by atoms with Crippen molar-refractivity contribution in [3.63, 3.8) is 0 Å². The highest BCUT2D eigenvalue weighted by molar-refractivity contribution is 6.31. The summed E-state index contributed by atoms with van der Waals surface area (Å²) >= 11 is 6.30. The molecule has 16 heavy (non-hydrogen) atoms. The lowest BCUT2D eigenvalue weighted by Crippen LogP contribution is -2.08. The predicted molar refractivity (Wildman–Crippen MR) is 63.6 cm³/mol. The minimum atomic E-state index is 0.673. The zero-order chi connectivity index (χ0) is 11.5. The van der Waals surface area contributed by atoms with Gasteiger partial charge in [0.1, 0.15) is 0 Å². The fourth-order valence-corrected chi connectivity index (χ4v) is 2.04. The molecular formula is C11H15ClN4. The third kappa shape index (κ3) is 1.97. The Morgan fingerprint density at radius 1 is 1.38 bits per heavy atom. The zero-order valence-corrected chi connectivity index (χ0v) is 10.3. The van der Waals surface area contributed by atoms with Crippen LogP contribution in [0.1, 0.15) is 25.2 Å². The monoisotopic (exact) mass is 238 g/mol. The van der Waals surface area contributed by atoms with E-state index in [1.54, 1.807) is 6.20 Å². The number of aromatic nitrogens is 4. The van der Waals surface area contributed by atoms with Crippen molar-refractivity contribution in [3.8, 4) is 0 Å². The van der Waals surface area contributed by atoms with E-state index in [-0.39, 0.29) is 0 Å². The maximum atomic E-state index is 6.30. The molecule has 2 heterocycles. The Morgan fingerprint density at radius 3 is 2.75 bits per heavy atom. The van der Waals surface area contributed by atoms with Crippen molar-refractivity contribution in [2.45, 2.75) is 33.4 Å². The van der Waals surface area contributed by atoms with Crippen molar-refractivity contribution in [1.82, 2.24) is 19.6 Å². The fourth-order valence-electron chi connectivity index (χ4n) is 1.72. The Kier molecular flexibility index (Phi) is 3.29. The van der Waals surface area contributed by atoms with Gasteiger partial charge >= 0.3 is 0 Å². The van der Waals surface area contributed by atoms with E-state index in [0.29, 0.717) is 6.54 Å². The second-order valence-electron chi connectivity index (χ2n) is 3.58. The van der Waals surface area contributed by atoms with Crippen LogP contribution in [-0.4, -0.2) is 19.6 Å². The number of nitrogens with zero attached hydrogens (tertiary/aromatic N) is 4. The van der Waals surface area contributed by atoms with Crippen LogP contribution in [0.5, 0.6) is 0 Å². The molecule has 0 atom stereocenters. The van der Waals surface area contributed by atoms with E-state index in [2.05, 4.69) is 24.0 Å². The molecule has 0 saturated heterocycles. The molecule has 86 valence electrons. The summed E-state index contributed by atoms with van der Waals surface area (Å²) in [6, 6.07) is 1.90. The van der Waals surface area contributed by atoms with Crippen molar-refractivity contribution >= 4 is 11.6 Å². The standard InChI is InChI=1S/C11H15ClN4/c1-3-9-11(12)10(16(4-2)14-9)8-15-7-5-6-13-15/h5-7H,3-4,8H2,1-2H3. The van der Waals surface area contributed by atoms with E-state index in [0.717, 1.165) is 29.4 Å². The molecule has 0 aliphatic rings. The number of aryl methyl sites for hydroxylation is 2. The quantitative estimate of drug-likeness (QED) is 0.820. The van der Waals surface area contributed by atoms with E-state index in [1.165, 1.54) is 0 Å². The first-order chi connectivity index (χ1) is 7.76. The lowest BCUT2D eigenvalue weighted by atomic mass is 10.3. The average molecular weight is 239 g/mol. The minimum absolute atomic E-state index is 0.673. The Hall–Kier alpha value is -1.29. The molecule has 0 aliphatic carbocycles. The van der Waals surface area contributed by atoms with Gasteiger partial charge in [0.05, 0.1) is 23.0 Å². The molecular weight excluding hydrogens is 224 g/mol. The Balaban J connectivity index is 2.35. The van der Waals surface area contributed by atoms with Crippen LogP contribution in [0.3, 0.4) is 0 Å². The maximum absolute atomic E-state index is 6.30. The number of halogens is 1. The van der Waals surface area contributed by atoms with Gasteiger partial charge in [-0.25, -0.2) is 0 Å². The van der Waals surface area contributed by atoms with Gasteiger partial charge in [-0.15, -0.1) is 0 Å². The molecule has 0 saturated carbocycles. The molecule has 0 fully saturated rings. The Morgan fingerprint density at radius 2 is 2.19 bits per heavy atom. The lowest BCUT2D eigenvalue weighted by Gasteiger charge is -2.05. The van der Waals surface area contributed by atoms with Crippen LogP contribution in [0.15, 0.2) is 18.5 Å². The van der Waals surface area contributed by atoms with Crippen LogP contribution < -0.4 is 0 Å². The first-order valence-corrected chi connectivity index (χ1v) is 5.85. The summed E-state index contributed by atoms with van der Waals surface area (Å²) < 4.78 is 3.80. The van der Waals surface area contributed by atoms with E-state index >= 15 is 0 Å². The van der Waals surface area contributed by atoms with Gasteiger partial charge in [0, 0.05) is 18.9 Å². The molecule has 0 amide bonds. The van der Waals surface area contributed by atoms with Crippen LogP contribution >= 0.6 is 11.6 Å². The predicted octanol–water partition coefficient (Wildman–Crippen LogP) is 2.36. The molecule has 2 aromatic heterocycles. The second kappa shape index (κ2) is 4.70. The molecule has 2 aromatic rings. The van der Waals surface area contributed by atoms with Gasteiger partial charge in [-0.2, -0.15) is 10.2 Å². The van der Waals surface area contributed by atoms with Gasteiger partial charge in [0.25, 0.3) is 0 Å². The highest BCUT2D eigenvalue weighted by atomic mass is 35.5. The zero-order valence-electron chi connectivity index (χ0n) is 9.52. The van der Waals surface area contributed by atoms with E-state index in [4.69, 9.17) is 11.6 Å². The Labute approximate surface area is 99.8 Å². The van der Waals surface area contributed by atoms with Crippen LogP contribution in [0.25, 0.3) is 0 Å². The molecule has 0 unspecified atom stereocenters. The number of hydrogen-bond acceptors (Lipinski definition) is 2. The smallest absolute Gasteiger partial charge is 0.0869 e. The van der Waals surface area contributed by atoms with Gasteiger partial charge in [-0.3, -0.25) is 9.36 Å². The average Bonchev–Trinajstić information content (AvgIpc) is 2.89. The first kappa shape index (κ1) is 11.2. The summed E-state index contributed by atoms with van der Waals surface area (Å²) in [6.07, 6.45) is 4.55. The van der Waals surface area contributed by atoms with Gasteiger partial charge in [-0.05, 0) is 19.4 Å². The van der Waals surface area contributed by atoms with Crippen LogP contribution in [-0.2, 0) is 19.5 Å².